The first-order valence-corrected chi connectivity index (χ1v) is 7.57. The molecule has 1 N–H and O–H groups in total. The van der Waals surface area contributed by atoms with E-state index in [9.17, 15) is 4.79 Å². The highest BCUT2D eigenvalue weighted by molar-refractivity contribution is 6.31. The van der Waals surface area contributed by atoms with Crippen LogP contribution in [0.5, 0.6) is 0 Å². The minimum absolute atomic E-state index is 0.000115. The summed E-state index contributed by atoms with van der Waals surface area (Å²) in [5.74, 6) is 0.407. The molecule has 1 aliphatic rings. The van der Waals surface area contributed by atoms with Gasteiger partial charge >= 0.3 is 0 Å². The average Bonchev–Trinajstić information content (AvgIpc) is 2.93. The third kappa shape index (κ3) is 2.14. The summed E-state index contributed by atoms with van der Waals surface area (Å²) in [6.07, 6.45) is 2.29. The van der Waals surface area contributed by atoms with Crippen molar-refractivity contribution in [2.75, 3.05) is 4.90 Å². The van der Waals surface area contributed by atoms with Gasteiger partial charge in [-0.1, -0.05) is 32.4 Å². The number of fused-ring (bicyclic) bond motifs is 3. The van der Waals surface area contributed by atoms with Crippen LogP contribution in [0.3, 0.4) is 0 Å². The Labute approximate surface area is 129 Å². The van der Waals surface area contributed by atoms with Gasteiger partial charge in [-0.2, -0.15) is 5.10 Å². The lowest BCUT2D eigenvalue weighted by molar-refractivity contribution is -0.119. The van der Waals surface area contributed by atoms with Crippen molar-refractivity contribution in [3.05, 3.63) is 35.0 Å². The van der Waals surface area contributed by atoms with E-state index < -0.39 is 0 Å². The molecule has 0 saturated heterocycles. The zero-order chi connectivity index (χ0) is 15.1. The Morgan fingerprint density at radius 3 is 2.90 bits per heavy atom. The van der Waals surface area contributed by atoms with Gasteiger partial charge in [-0.3, -0.25) is 9.89 Å². The predicted molar refractivity (Wildman–Crippen MR) is 84.4 cm³/mol. The molecule has 0 aliphatic carbocycles. The zero-order valence-corrected chi connectivity index (χ0v) is 13.1. The van der Waals surface area contributed by atoms with E-state index in [1.807, 2.05) is 36.2 Å². The second-order valence-corrected chi connectivity index (χ2v) is 6.10. The second kappa shape index (κ2) is 5.19. The number of nitrogens with one attached hydrogen (secondary N) is 1. The van der Waals surface area contributed by atoms with Gasteiger partial charge in [0.1, 0.15) is 0 Å². The van der Waals surface area contributed by atoms with Gasteiger partial charge in [0, 0.05) is 22.6 Å². The Balaban J connectivity index is 2.27. The predicted octanol–water partition coefficient (Wildman–Crippen LogP) is 4.18. The molecule has 110 valence electrons. The van der Waals surface area contributed by atoms with Crippen molar-refractivity contribution in [3.63, 3.8) is 0 Å². The number of hydrogen-bond acceptors (Lipinski definition) is 2. The lowest BCUT2D eigenvalue weighted by atomic mass is 9.87. The quantitative estimate of drug-likeness (QED) is 0.904. The first-order valence-electron chi connectivity index (χ1n) is 7.19. The van der Waals surface area contributed by atoms with Crippen LogP contribution in [0.25, 0.3) is 11.3 Å². The maximum atomic E-state index is 12.5. The molecular formula is C16H18ClN3O. The molecule has 0 spiro atoms. The van der Waals surface area contributed by atoms with Crippen molar-refractivity contribution >= 4 is 23.2 Å². The maximum absolute atomic E-state index is 12.5. The van der Waals surface area contributed by atoms with Crippen LogP contribution in [0.4, 0.5) is 5.69 Å². The molecule has 1 amide bonds. The molecule has 1 atom stereocenters. The van der Waals surface area contributed by atoms with Crippen molar-refractivity contribution in [2.24, 2.45) is 5.92 Å². The molecule has 1 aromatic carbocycles. The van der Waals surface area contributed by atoms with Gasteiger partial charge in [-0.05, 0) is 24.1 Å². The van der Waals surface area contributed by atoms with Crippen molar-refractivity contribution < 1.29 is 4.79 Å². The number of anilines is 1. The summed E-state index contributed by atoms with van der Waals surface area (Å²) in [5, 5.41) is 7.89. The van der Waals surface area contributed by atoms with Gasteiger partial charge in [0.25, 0.3) is 0 Å². The molecule has 2 aromatic rings. The monoisotopic (exact) mass is 303 g/mol. The van der Waals surface area contributed by atoms with Crippen LogP contribution in [-0.4, -0.2) is 16.1 Å². The standard InChI is InChI=1S/C16H18ClN3O/c1-4-14(21)20-13-6-5-10(17)7-11(13)15-12(8-18-19-15)16(20)9(2)3/h5-9,16H,4H2,1-3H3,(H,18,19). The van der Waals surface area contributed by atoms with Gasteiger partial charge in [0.15, 0.2) is 0 Å². The third-order valence-corrected chi connectivity index (χ3v) is 4.19. The van der Waals surface area contributed by atoms with E-state index in [2.05, 4.69) is 24.0 Å². The fraction of sp³-hybridized carbons (Fsp3) is 0.375. The average molecular weight is 304 g/mol. The number of aromatic nitrogens is 2. The van der Waals surface area contributed by atoms with Crippen molar-refractivity contribution in [2.45, 2.75) is 33.2 Å². The van der Waals surface area contributed by atoms with E-state index in [1.54, 1.807) is 0 Å². The maximum Gasteiger partial charge on any atom is 0.227 e. The lowest BCUT2D eigenvalue weighted by Crippen LogP contribution is -2.39. The second-order valence-electron chi connectivity index (χ2n) is 5.67. The largest absolute Gasteiger partial charge is 0.304 e. The molecule has 0 radical (unpaired) electrons. The zero-order valence-electron chi connectivity index (χ0n) is 12.4. The fourth-order valence-electron chi connectivity index (χ4n) is 3.06. The van der Waals surface area contributed by atoms with E-state index in [4.69, 9.17) is 11.6 Å². The first kappa shape index (κ1) is 14.1. The molecule has 1 aromatic heterocycles. The summed E-state index contributed by atoms with van der Waals surface area (Å²) in [4.78, 5) is 14.4. The Hall–Kier alpha value is -1.81. The molecule has 0 fully saturated rings. The van der Waals surface area contributed by atoms with E-state index in [0.29, 0.717) is 17.4 Å². The fourth-order valence-corrected chi connectivity index (χ4v) is 3.23. The summed E-state index contributed by atoms with van der Waals surface area (Å²) in [5.41, 5.74) is 3.86. The topological polar surface area (TPSA) is 49.0 Å². The molecule has 1 aliphatic heterocycles. The van der Waals surface area contributed by atoms with Crippen molar-refractivity contribution in [1.82, 2.24) is 10.2 Å². The number of carbonyl (C=O) groups is 1. The minimum Gasteiger partial charge on any atom is -0.304 e. The van der Waals surface area contributed by atoms with Gasteiger partial charge < -0.3 is 4.90 Å². The third-order valence-electron chi connectivity index (χ3n) is 3.96. The number of carbonyl (C=O) groups excluding carboxylic acids is 1. The van der Waals surface area contributed by atoms with Gasteiger partial charge in [0.05, 0.1) is 23.6 Å². The molecule has 0 saturated carbocycles. The summed E-state index contributed by atoms with van der Waals surface area (Å²) in [6, 6.07) is 5.64. The van der Waals surface area contributed by atoms with Crippen molar-refractivity contribution in [1.29, 1.82) is 0 Å². The van der Waals surface area contributed by atoms with Crippen LogP contribution in [0.1, 0.15) is 38.8 Å². The Bertz CT molecular complexity index is 693. The van der Waals surface area contributed by atoms with E-state index >= 15 is 0 Å². The molecule has 4 nitrogen and oxygen atoms in total. The van der Waals surface area contributed by atoms with E-state index in [1.165, 1.54) is 0 Å². The molecule has 0 bridgehead atoms. The molecule has 3 rings (SSSR count). The lowest BCUT2D eigenvalue weighted by Gasteiger charge is -2.39. The summed E-state index contributed by atoms with van der Waals surface area (Å²) in [6.45, 7) is 6.14. The summed E-state index contributed by atoms with van der Waals surface area (Å²) in [7, 11) is 0. The number of hydrogen-bond donors (Lipinski definition) is 1. The van der Waals surface area contributed by atoms with Gasteiger partial charge in [-0.15, -0.1) is 0 Å². The number of nitrogens with zero attached hydrogens (tertiary/aromatic N) is 2. The Morgan fingerprint density at radius 2 is 2.24 bits per heavy atom. The highest BCUT2D eigenvalue weighted by Crippen LogP contribution is 2.47. The molecule has 2 heterocycles. The van der Waals surface area contributed by atoms with Crippen LogP contribution < -0.4 is 4.90 Å². The van der Waals surface area contributed by atoms with Crippen LogP contribution >= 0.6 is 11.6 Å². The Kier molecular flexibility index (Phi) is 3.49. The number of H-pyrrole nitrogens is 1. The van der Waals surface area contributed by atoms with Gasteiger partial charge in [0.2, 0.25) is 5.91 Å². The SMILES string of the molecule is CCC(=O)N1c2ccc(Cl)cc2-c2[nH]ncc2C1C(C)C. The number of benzene rings is 1. The number of amides is 1. The Morgan fingerprint density at radius 1 is 1.48 bits per heavy atom. The van der Waals surface area contributed by atoms with Crippen LogP contribution in [0, 0.1) is 5.92 Å². The highest BCUT2D eigenvalue weighted by atomic mass is 35.5. The normalized spacial score (nSPS) is 16.8. The molecule has 21 heavy (non-hydrogen) atoms. The summed E-state index contributed by atoms with van der Waals surface area (Å²) < 4.78 is 0. The highest BCUT2D eigenvalue weighted by Gasteiger charge is 2.37. The number of halogens is 1. The van der Waals surface area contributed by atoms with E-state index in [0.717, 1.165) is 22.5 Å². The van der Waals surface area contributed by atoms with Crippen LogP contribution in [0.15, 0.2) is 24.4 Å². The van der Waals surface area contributed by atoms with Gasteiger partial charge in [-0.25, -0.2) is 0 Å². The minimum atomic E-state index is -0.000115. The van der Waals surface area contributed by atoms with Crippen molar-refractivity contribution in [3.8, 4) is 11.3 Å². The first-order chi connectivity index (χ1) is 10.0. The van der Waals surface area contributed by atoms with E-state index in [-0.39, 0.29) is 11.9 Å². The number of aromatic amines is 1. The molecule has 1 unspecified atom stereocenters. The number of rotatable bonds is 2. The molecule has 5 heteroatoms. The smallest absolute Gasteiger partial charge is 0.227 e. The van der Waals surface area contributed by atoms with Crippen LogP contribution in [-0.2, 0) is 4.79 Å². The van der Waals surface area contributed by atoms with Crippen LogP contribution in [0.2, 0.25) is 5.02 Å². The molecular weight excluding hydrogens is 286 g/mol. The summed E-state index contributed by atoms with van der Waals surface area (Å²) >= 11 is 6.13.